The molecule has 2 fully saturated rings. The summed E-state index contributed by atoms with van der Waals surface area (Å²) in [6.45, 7) is 9.82. The van der Waals surface area contributed by atoms with Crippen LogP contribution in [0.2, 0.25) is 0 Å². The predicted octanol–water partition coefficient (Wildman–Crippen LogP) is 27.3. The molecule has 20 aromatic rings. The summed E-state index contributed by atoms with van der Waals surface area (Å²) in [5, 5.41) is 51.5. The maximum Gasteiger partial charge on any atom is 0.573 e. The van der Waals surface area contributed by atoms with E-state index in [2.05, 4.69) is 90.2 Å². The topological polar surface area (TPSA) is 365 Å². The third-order valence-corrected chi connectivity index (χ3v) is 22.4. The zero-order valence-electron chi connectivity index (χ0n) is 76.9. The number of rotatable bonds is 27. The van der Waals surface area contributed by atoms with E-state index in [1.165, 1.54) is 90.2 Å². The Morgan fingerprint density at radius 3 is 1.02 bits per heavy atom. The summed E-state index contributed by atoms with van der Waals surface area (Å²) in [6, 6.07) is 55.6. The van der Waals surface area contributed by atoms with E-state index < -0.39 is 37.6 Å². The minimum Gasteiger partial charge on any atom is -0.469 e. The Labute approximate surface area is 825 Å². The van der Waals surface area contributed by atoms with Crippen LogP contribution >= 0.6 is 11.3 Å². The van der Waals surface area contributed by atoms with Crippen LogP contribution in [0.25, 0.3) is 110 Å². The first kappa shape index (κ1) is 101. The van der Waals surface area contributed by atoms with Crippen molar-refractivity contribution in [2.45, 2.75) is 137 Å². The van der Waals surface area contributed by atoms with Gasteiger partial charge in [0.15, 0.2) is 58.7 Å². The molecule has 10 heterocycles. The quantitative estimate of drug-likeness (QED) is 0.0431. The Bertz CT molecular complexity index is 7640. The van der Waals surface area contributed by atoms with Crippen molar-refractivity contribution in [2.75, 3.05) is 0 Å². The fourth-order valence-corrected chi connectivity index (χ4v) is 15.3. The van der Waals surface area contributed by atoms with Crippen molar-refractivity contribution >= 4 is 66.2 Å². The molecule has 10 aromatic heterocycles. The SMILES string of the molecule is Cc1cc(-c2ccc(OC(F)(F)F)cc2)cc2c(OCc3nnc(C4CC4)o3)noc12.Cc1cc(COc2noc3ccc(-c4ccc(OC(F)(F)F)cc4)cc23)on1.Cc1cccc(COc2noc3c(C)cc(-c4ccc(OC(F)(F)F)cc4)cc23)n1.Cc1nnc(COc2noc3ccc(-c4ccc(OC(F)(F)F)cc4)cc23)s1.Fc1cc(-c2ccc(OC(F)(F)F)cc2)cc2c(OCc3nnc(C4CC4)o3)noc12. The fourth-order valence-electron chi connectivity index (χ4n) is 14.7. The van der Waals surface area contributed by atoms with Gasteiger partial charge >= 0.3 is 31.8 Å². The van der Waals surface area contributed by atoms with E-state index in [1.807, 2.05) is 64.1 Å². The second-order valence-electron chi connectivity index (χ2n) is 32.9. The van der Waals surface area contributed by atoms with Gasteiger partial charge in [0.2, 0.25) is 17.4 Å². The van der Waals surface area contributed by atoms with E-state index in [4.69, 9.17) is 59.7 Å². The van der Waals surface area contributed by atoms with Crippen molar-refractivity contribution in [1.82, 2.24) is 66.5 Å². The van der Waals surface area contributed by atoms with E-state index in [-0.39, 0.29) is 96.3 Å². The lowest BCUT2D eigenvalue weighted by Gasteiger charge is -2.10. The molecular formula is C100H71F16N13O18S. The molecule has 0 spiro atoms. The highest BCUT2D eigenvalue weighted by atomic mass is 32.1. The van der Waals surface area contributed by atoms with Crippen LogP contribution in [-0.2, 0) is 33.0 Å². The zero-order valence-corrected chi connectivity index (χ0v) is 77.7. The van der Waals surface area contributed by atoms with E-state index in [0.29, 0.717) is 124 Å². The van der Waals surface area contributed by atoms with Crippen LogP contribution in [0.4, 0.5) is 70.2 Å². The molecule has 2 aliphatic rings. The Kier molecular flexibility index (Phi) is 28.9. The summed E-state index contributed by atoms with van der Waals surface area (Å²) >= 11 is 1.42. The first-order valence-electron chi connectivity index (χ1n) is 44.2. The number of aryl methyl sites for hydroxylation is 5. The Morgan fingerprint density at radius 2 is 0.649 bits per heavy atom. The minimum absolute atomic E-state index is 0.0268. The normalized spacial score (nSPS) is 12.7. The monoisotopic (exact) mass is 2080 g/mol. The molecular weight excluding hydrogens is 2010 g/mol. The lowest BCUT2D eigenvalue weighted by Crippen LogP contribution is -2.16. The molecule has 0 aliphatic heterocycles. The maximum atomic E-state index is 14.5. The molecule has 762 valence electrons. The third-order valence-electron chi connectivity index (χ3n) is 21.6. The minimum atomic E-state index is -4.79. The number of ether oxygens (including phenoxy) is 10. The number of nitrogens with zero attached hydrogens (tertiary/aromatic N) is 13. The molecule has 10 aromatic carbocycles. The van der Waals surface area contributed by atoms with Crippen LogP contribution in [0.1, 0.15) is 105 Å². The smallest absolute Gasteiger partial charge is 0.469 e. The summed E-state index contributed by atoms with van der Waals surface area (Å²) in [7, 11) is 0. The third kappa shape index (κ3) is 26.4. The van der Waals surface area contributed by atoms with Gasteiger partial charge in [-0.25, -0.2) is 4.39 Å². The summed E-state index contributed by atoms with van der Waals surface area (Å²) in [4.78, 5) is 4.39. The molecule has 0 unspecified atom stereocenters. The lowest BCUT2D eigenvalue weighted by molar-refractivity contribution is -0.275. The largest absolute Gasteiger partial charge is 0.573 e. The standard InChI is InChI=1S/C22H17F3N2O3.C21H16F3N3O4.C20H13F4N3O4.C19H13F3N2O4.C18H12F3N3O3S/c1-13-10-16(15-6-8-18(9-7-15)29-22(23,24)25)11-19-20(13)30-27-21(19)28-12-17-5-3-4-14(2)26-17;1-11-8-14(12-4-6-15(7-5-12)30-21(22,23)24)9-16-18(11)31-27-20(16)28-10-17-25-26-19(29-17)13-2-3-13;21-15-8-12(10-3-5-13(6-4-10)30-20(22,23)24)7-14-17(15)31-27-19(14)28-9-16-25-26-18(29-16)11-1-2-11;1-11-8-15(27-23-11)10-25-18-16-9-13(4-7-17(16)28-24-18)12-2-5-14(6-3-12)26-19(20,21)22;1-10-22-23-16(28-10)9-25-17-14-8-12(4-7-15(14)27-24-17)11-2-5-13(6-3-11)26-18(19,20)21/h3-11H,12H2,1-2H3;4-9,13H,2-3,10H2,1H3;3-8,11H,1-2,9H2;2-9H,10H2,1H3;2-8H,9H2,1H3. The van der Waals surface area contributed by atoms with Gasteiger partial charge in [-0.1, -0.05) is 95.4 Å². The predicted molar refractivity (Wildman–Crippen MR) is 489 cm³/mol. The fraction of sp³-hybridized carbons (Fsp3) is 0.210. The molecule has 148 heavy (non-hydrogen) atoms. The molecule has 2 saturated carbocycles. The van der Waals surface area contributed by atoms with Crippen molar-refractivity contribution in [3.8, 4) is 114 Å². The summed E-state index contributed by atoms with van der Waals surface area (Å²) in [5.74, 6) is 2.02. The van der Waals surface area contributed by atoms with Gasteiger partial charge in [0.1, 0.15) is 47.0 Å². The van der Waals surface area contributed by atoms with Gasteiger partial charge < -0.3 is 83.3 Å². The number of benzene rings is 10. The molecule has 0 radical (unpaired) electrons. The van der Waals surface area contributed by atoms with Gasteiger partial charge in [-0.2, -0.15) is 0 Å². The average molecular weight is 2080 g/mol. The molecule has 0 amide bonds. The van der Waals surface area contributed by atoms with Gasteiger partial charge in [0.05, 0.1) is 38.3 Å². The second kappa shape index (κ2) is 42.5. The molecule has 2 aliphatic carbocycles. The molecule has 0 saturated heterocycles. The van der Waals surface area contributed by atoms with Crippen LogP contribution < -0.4 is 47.4 Å². The Balaban J connectivity index is 0.000000121. The number of aromatic nitrogens is 13. The first-order chi connectivity index (χ1) is 70.7. The van der Waals surface area contributed by atoms with E-state index >= 15 is 0 Å². The number of halogens is 16. The van der Waals surface area contributed by atoms with Crippen LogP contribution in [0.3, 0.4) is 0 Å². The number of fused-ring (bicyclic) bond motifs is 5. The molecule has 48 heteroatoms. The van der Waals surface area contributed by atoms with E-state index in [9.17, 15) is 70.2 Å². The summed E-state index contributed by atoms with van der Waals surface area (Å²) in [5.41, 5.74) is 12.9. The van der Waals surface area contributed by atoms with Crippen LogP contribution in [-0.4, -0.2) is 98.3 Å². The van der Waals surface area contributed by atoms with Crippen LogP contribution in [0.5, 0.6) is 58.1 Å². The molecule has 22 rings (SSSR count). The Morgan fingerprint density at radius 1 is 0.304 bits per heavy atom. The van der Waals surface area contributed by atoms with Crippen LogP contribution in [0.15, 0.2) is 254 Å². The molecule has 0 atom stereocenters. The van der Waals surface area contributed by atoms with Gasteiger partial charge in [-0.15, -0.1) is 96.4 Å². The van der Waals surface area contributed by atoms with Crippen molar-refractivity contribution in [3.63, 3.8) is 0 Å². The summed E-state index contributed by atoms with van der Waals surface area (Å²) in [6.07, 6.45) is -19.6. The average Bonchev–Trinajstić information content (AvgIpc) is 1.63. The zero-order chi connectivity index (χ0) is 104. The highest BCUT2D eigenvalue weighted by molar-refractivity contribution is 7.11. The van der Waals surface area contributed by atoms with Crippen molar-refractivity contribution in [1.29, 1.82) is 0 Å². The molecule has 31 nitrogen and oxygen atoms in total. The van der Waals surface area contributed by atoms with Crippen molar-refractivity contribution in [2.24, 2.45) is 0 Å². The van der Waals surface area contributed by atoms with Crippen LogP contribution in [0, 0.1) is 40.4 Å². The van der Waals surface area contributed by atoms with Gasteiger partial charge in [-0.3, -0.25) is 4.98 Å². The Hall–Kier alpha value is -17.4. The van der Waals surface area contributed by atoms with Gasteiger partial charge in [0.25, 0.3) is 41.2 Å². The second-order valence-corrected chi connectivity index (χ2v) is 34.1. The number of hydrogen-bond donors (Lipinski definition) is 0. The summed E-state index contributed by atoms with van der Waals surface area (Å²) < 4.78 is 290. The van der Waals surface area contributed by atoms with Gasteiger partial charge in [-0.05, 0) is 286 Å². The number of hydrogen-bond acceptors (Lipinski definition) is 32. The van der Waals surface area contributed by atoms with Gasteiger partial charge in [0, 0.05) is 23.6 Å². The van der Waals surface area contributed by atoms with Crippen molar-refractivity contribution < 1.29 is 154 Å². The highest BCUT2D eigenvalue weighted by Crippen LogP contribution is 2.45. The number of pyridine rings is 1. The molecule has 0 N–H and O–H groups in total. The van der Waals surface area contributed by atoms with E-state index in [1.54, 1.807) is 97.9 Å². The maximum absolute atomic E-state index is 14.5. The highest BCUT2D eigenvalue weighted by Gasteiger charge is 2.37. The van der Waals surface area contributed by atoms with E-state index in [0.717, 1.165) is 98.8 Å². The lowest BCUT2D eigenvalue weighted by atomic mass is 10.0. The number of alkyl halides is 15. The van der Waals surface area contributed by atoms with Crippen molar-refractivity contribution in [3.05, 3.63) is 292 Å². The first-order valence-corrected chi connectivity index (χ1v) is 45.0. The molecule has 0 bridgehead atoms.